The van der Waals surface area contributed by atoms with Crippen LogP contribution in [0.5, 0.6) is 0 Å². The van der Waals surface area contributed by atoms with E-state index in [1.807, 2.05) is 19.0 Å². The largest absolute Gasteiger partial charge is 0.395 e. The van der Waals surface area contributed by atoms with Crippen molar-refractivity contribution in [2.24, 2.45) is 11.1 Å². The highest BCUT2D eigenvalue weighted by Crippen LogP contribution is 2.34. The Morgan fingerprint density at radius 2 is 2.00 bits per heavy atom. The predicted octanol–water partition coefficient (Wildman–Crippen LogP) is 1.43. The lowest BCUT2D eigenvalue weighted by Crippen LogP contribution is -2.45. The number of aromatic nitrogens is 2. The van der Waals surface area contributed by atoms with Crippen LogP contribution < -0.4 is 10.6 Å². The van der Waals surface area contributed by atoms with Crippen molar-refractivity contribution in [2.45, 2.75) is 36.4 Å². The van der Waals surface area contributed by atoms with E-state index in [4.69, 9.17) is 5.73 Å². The average molecular weight is 290 g/mol. The van der Waals surface area contributed by atoms with Gasteiger partial charge in [0.25, 0.3) is 0 Å². The summed E-state index contributed by atoms with van der Waals surface area (Å²) >= 11 is 3.02. The number of thioether (sulfide) groups is 1. The third-order valence-corrected chi connectivity index (χ3v) is 5.06. The molecular formula is C11H22N4OS2. The molecule has 0 fully saturated rings. The molecule has 0 bridgehead atoms. The first-order valence-corrected chi connectivity index (χ1v) is 7.49. The molecule has 1 rings (SSSR count). The van der Waals surface area contributed by atoms with E-state index in [9.17, 15) is 5.11 Å². The van der Waals surface area contributed by atoms with E-state index in [-0.39, 0.29) is 23.3 Å². The normalized spacial score (nSPS) is 15.5. The third kappa shape index (κ3) is 4.08. The molecule has 0 radical (unpaired) electrons. The lowest BCUT2D eigenvalue weighted by Gasteiger charge is -2.32. The van der Waals surface area contributed by atoms with Gasteiger partial charge in [-0.2, -0.15) is 0 Å². The van der Waals surface area contributed by atoms with Crippen molar-refractivity contribution in [1.29, 1.82) is 0 Å². The van der Waals surface area contributed by atoms with Gasteiger partial charge in [-0.25, -0.2) is 0 Å². The predicted molar refractivity (Wildman–Crippen MR) is 78.4 cm³/mol. The van der Waals surface area contributed by atoms with E-state index in [2.05, 4.69) is 31.0 Å². The second-order valence-corrected chi connectivity index (χ2v) is 7.92. The van der Waals surface area contributed by atoms with Crippen molar-refractivity contribution in [3.63, 3.8) is 0 Å². The summed E-state index contributed by atoms with van der Waals surface area (Å²) in [5.41, 5.74) is 6.14. The summed E-state index contributed by atoms with van der Waals surface area (Å²) in [5, 5.41) is 18.5. The highest BCUT2D eigenvalue weighted by Gasteiger charge is 2.30. The topological polar surface area (TPSA) is 75.3 Å². The van der Waals surface area contributed by atoms with Crippen LogP contribution in [0, 0.1) is 5.41 Å². The van der Waals surface area contributed by atoms with E-state index < -0.39 is 0 Å². The van der Waals surface area contributed by atoms with Crippen LogP contribution in [-0.4, -0.2) is 47.3 Å². The molecule has 0 aromatic carbocycles. The molecule has 2 unspecified atom stereocenters. The molecule has 0 amide bonds. The summed E-state index contributed by atoms with van der Waals surface area (Å²) in [6, 6.07) is -0.0980. The maximum Gasteiger partial charge on any atom is 0.208 e. The zero-order chi connectivity index (χ0) is 13.9. The summed E-state index contributed by atoms with van der Waals surface area (Å²) in [6.45, 7) is 6.27. The number of nitrogens with zero attached hydrogens (tertiary/aromatic N) is 3. The Morgan fingerprint density at radius 3 is 2.39 bits per heavy atom. The molecule has 7 heteroatoms. The molecule has 5 nitrogen and oxygen atoms in total. The Labute approximate surface area is 117 Å². The van der Waals surface area contributed by atoms with Crippen LogP contribution in [0.3, 0.4) is 0 Å². The highest BCUT2D eigenvalue weighted by molar-refractivity contribution is 8.01. The van der Waals surface area contributed by atoms with E-state index in [1.165, 1.54) is 23.1 Å². The summed E-state index contributed by atoms with van der Waals surface area (Å²) in [6.07, 6.45) is 0. The van der Waals surface area contributed by atoms with Crippen LogP contribution in [-0.2, 0) is 0 Å². The van der Waals surface area contributed by atoms with Crippen molar-refractivity contribution in [3.05, 3.63) is 0 Å². The zero-order valence-electron chi connectivity index (χ0n) is 11.5. The fourth-order valence-electron chi connectivity index (χ4n) is 1.34. The van der Waals surface area contributed by atoms with Crippen LogP contribution in [0.15, 0.2) is 4.34 Å². The molecule has 3 N–H and O–H groups in total. The quantitative estimate of drug-likeness (QED) is 0.799. The molecule has 0 saturated heterocycles. The maximum absolute atomic E-state index is 9.48. The van der Waals surface area contributed by atoms with E-state index in [1.54, 1.807) is 0 Å². The molecule has 1 heterocycles. The minimum Gasteiger partial charge on any atom is -0.395 e. The van der Waals surface area contributed by atoms with E-state index in [0.29, 0.717) is 0 Å². The Bertz CT molecular complexity index is 375. The van der Waals surface area contributed by atoms with E-state index >= 15 is 0 Å². The fourth-order valence-corrected chi connectivity index (χ4v) is 3.61. The second-order valence-electron chi connectivity index (χ2n) is 5.48. The number of anilines is 1. The average Bonchev–Trinajstić information content (AvgIpc) is 2.72. The molecule has 0 aliphatic rings. The molecule has 1 aromatic rings. The first-order valence-electron chi connectivity index (χ1n) is 5.79. The number of nitrogens with two attached hydrogens (primary N) is 1. The smallest absolute Gasteiger partial charge is 0.208 e. The number of aliphatic hydroxyl groups excluding tert-OH is 1. The van der Waals surface area contributed by atoms with Crippen molar-refractivity contribution in [3.8, 4) is 0 Å². The van der Waals surface area contributed by atoms with Gasteiger partial charge in [0.15, 0.2) is 4.34 Å². The lowest BCUT2D eigenvalue weighted by molar-refractivity contribution is 0.233. The van der Waals surface area contributed by atoms with Gasteiger partial charge in [-0.1, -0.05) is 43.9 Å². The fraction of sp³-hybridized carbons (Fsp3) is 0.818. The molecule has 1 aromatic heterocycles. The summed E-state index contributed by atoms with van der Waals surface area (Å²) in [4.78, 5) is 1.92. The minimum absolute atomic E-state index is 0.0416. The first kappa shape index (κ1) is 15.7. The van der Waals surface area contributed by atoms with Crippen molar-refractivity contribution in [2.75, 3.05) is 25.6 Å². The molecule has 0 aliphatic heterocycles. The van der Waals surface area contributed by atoms with Gasteiger partial charge >= 0.3 is 0 Å². The zero-order valence-corrected chi connectivity index (χ0v) is 13.2. The Hall–Kier alpha value is -0.370. The number of hydrogen-bond donors (Lipinski definition) is 2. The molecule has 0 spiro atoms. The summed E-state index contributed by atoms with van der Waals surface area (Å²) < 4.78 is 0.845. The number of aliphatic hydroxyl groups is 1. The molecule has 0 saturated carbocycles. The highest BCUT2D eigenvalue weighted by atomic mass is 32.2. The van der Waals surface area contributed by atoms with Gasteiger partial charge in [-0.3, -0.25) is 0 Å². The van der Waals surface area contributed by atoms with Crippen LogP contribution in [0.1, 0.15) is 20.8 Å². The Balaban J connectivity index is 2.73. The maximum atomic E-state index is 9.48. The first-order chi connectivity index (χ1) is 8.25. The van der Waals surface area contributed by atoms with Gasteiger partial charge in [0.2, 0.25) is 5.13 Å². The van der Waals surface area contributed by atoms with Gasteiger partial charge in [0, 0.05) is 20.1 Å². The number of rotatable bonds is 5. The van der Waals surface area contributed by atoms with Crippen molar-refractivity contribution in [1.82, 2.24) is 10.2 Å². The number of hydrogen-bond acceptors (Lipinski definition) is 7. The molecular weight excluding hydrogens is 268 g/mol. The monoisotopic (exact) mass is 290 g/mol. The molecule has 18 heavy (non-hydrogen) atoms. The van der Waals surface area contributed by atoms with Crippen molar-refractivity contribution < 1.29 is 5.11 Å². The molecule has 0 aliphatic carbocycles. The summed E-state index contributed by atoms with van der Waals surface area (Å²) in [7, 11) is 3.86. The van der Waals surface area contributed by atoms with Crippen LogP contribution in [0.2, 0.25) is 0 Å². The summed E-state index contributed by atoms with van der Waals surface area (Å²) in [5.74, 6) is 0. The Morgan fingerprint density at radius 1 is 1.39 bits per heavy atom. The van der Waals surface area contributed by atoms with Gasteiger partial charge in [-0.05, 0) is 5.41 Å². The third-order valence-electron chi connectivity index (χ3n) is 2.61. The van der Waals surface area contributed by atoms with Gasteiger partial charge in [-0.15, -0.1) is 10.2 Å². The van der Waals surface area contributed by atoms with Crippen LogP contribution >= 0.6 is 23.1 Å². The van der Waals surface area contributed by atoms with Crippen LogP contribution in [0.4, 0.5) is 5.13 Å². The lowest BCUT2D eigenvalue weighted by atomic mass is 9.85. The minimum atomic E-state index is -0.0980. The Kier molecular flexibility index (Phi) is 5.39. The van der Waals surface area contributed by atoms with Gasteiger partial charge < -0.3 is 15.7 Å². The molecule has 104 valence electrons. The van der Waals surface area contributed by atoms with E-state index in [0.717, 1.165) is 9.47 Å². The standard InChI is InChI=1S/C11H22N4OS2/c1-11(2,3)8(12)7(6-16)17-10-14-13-9(18-10)15(4)5/h7-8,16H,6,12H2,1-5H3. The van der Waals surface area contributed by atoms with Gasteiger partial charge in [0.05, 0.1) is 11.9 Å². The van der Waals surface area contributed by atoms with Crippen LogP contribution in [0.25, 0.3) is 0 Å². The van der Waals surface area contributed by atoms with Crippen molar-refractivity contribution >= 4 is 28.2 Å². The SMILES string of the molecule is CN(C)c1nnc(SC(CO)C(N)C(C)(C)C)s1. The van der Waals surface area contributed by atoms with Gasteiger partial charge in [0.1, 0.15) is 0 Å². The second kappa shape index (κ2) is 6.18. The molecule has 2 atom stereocenters.